The fraction of sp³-hybridized carbons (Fsp3) is 0.278. The number of nitrogens with zero attached hydrogens (tertiary/aromatic N) is 1. The first kappa shape index (κ1) is 21.1. The van der Waals surface area contributed by atoms with Crippen molar-refractivity contribution in [3.05, 3.63) is 53.1 Å². The zero-order valence-corrected chi connectivity index (χ0v) is 14.8. The monoisotopic (exact) mass is 407 g/mol. The number of rotatable bonds is 4. The summed E-state index contributed by atoms with van der Waals surface area (Å²) in [4.78, 5) is -0.411. The van der Waals surface area contributed by atoms with Gasteiger partial charge in [0.2, 0.25) is 0 Å². The number of hydrogen-bond donors (Lipinski definition) is 0. The Labute approximate surface area is 154 Å². The first-order chi connectivity index (χ1) is 12.3. The largest absolute Gasteiger partial charge is 0.460 e. The van der Waals surface area contributed by atoms with E-state index >= 15 is 0 Å². The summed E-state index contributed by atoms with van der Waals surface area (Å²) in [5, 5.41) is 3.41. The van der Waals surface area contributed by atoms with Crippen molar-refractivity contribution in [3.8, 4) is 17.2 Å². The second kappa shape index (κ2) is 7.08. The summed E-state index contributed by atoms with van der Waals surface area (Å²) in [6, 6.07) is 10.2. The minimum Gasteiger partial charge on any atom is -0.192 e. The topological polar surface area (TPSA) is 23.8 Å². The predicted molar refractivity (Wildman–Crippen MR) is 87.9 cm³/mol. The van der Waals surface area contributed by atoms with Crippen molar-refractivity contribution in [2.45, 2.75) is 36.1 Å². The predicted octanol–water partition coefficient (Wildman–Crippen LogP) is 6.72. The van der Waals surface area contributed by atoms with Crippen LogP contribution >= 0.6 is 11.8 Å². The molecular weight excluding hydrogens is 395 g/mol. The maximum atomic E-state index is 13.9. The minimum absolute atomic E-state index is 0.104. The summed E-state index contributed by atoms with van der Waals surface area (Å²) in [5.74, 6) is -6.20. The quantitative estimate of drug-likeness (QED) is 0.415. The highest BCUT2D eigenvalue weighted by Gasteiger charge is 2.73. The average Bonchev–Trinajstić information content (AvgIpc) is 2.53. The first-order valence-electron chi connectivity index (χ1n) is 7.43. The maximum Gasteiger partial charge on any atom is 0.460 e. The molecule has 0 heterocycles. The Hall–Kier alpha value is -2.21. The number of alkyl halides is 7. The van der Waals surface area contributed by atoms with E-state index in [-0.39, 0.29) is 11.1 Å². The van der Waals surface area contributed by atoms with E-state index in [4.69, 9.17) is 5.26 Å². The van der Waals surface area contributed by atoms with E-state index in [2.05, 4.69) is 0 Å². The van der Waals surface area contributed by atoms with Gasteiger partial charge in [-0.25, -0.2) is 0 Å². The third-order valence-electron chi connectivity index (χ3n) is 3.71. The van der Waals surface area contributed by atoms with Gasteiger partial charge in [-0.3, -0.25) is 0 Å². The molecule has 1 nitrogen and oxygen atoms in total. The molecule has 144 valence electrons. The fourth-order valence-corrected chi connectivity index (χ4v) is 3.60. The lowest BCUT2D eigenvalue weighted by Crippen LogP contribution is -2.49. The molecule has 0 aliphatic heterocycles. The maximum absolute atomic E-state index is 13.9. The van der Waals surface area contributed by atoms with Crippen LogP contribution in [0.1, 0.15) is 16.7 Å². The van der Waals surface area contributed by atoms with Crippen LogP contribution in [0.3, 0.4) is 0 Å². The lowest BCUT2D eigenvalue weighted by molar-refractivity contribution is -0.330. The van der Waals surface area contributed by atoms with Gasteiger partial charge in [-0.2, -0.15) is 36.0 Å². The van der Waals surface area contributed by atoms with Gasteiger partial charge in [-0.1, -0.05) is 18.2 Å². The normalized spacial score (nSPS) is 12.7. The van der Waals surface area contributed by atoms with Gasteiger partial charge in [-0.15, -0.1) is 0 Å². The van der Waals surface area contributed by atoms with Gasteiger partial charge < -0.3 is 0 Å². The smallest absolute Gasteiger partial charge is 0.192 e. The summed E-state index contributed by atoms with van der Waals surface area (Å²) in [7, 11) is 0. The van der Waals surface area contributed by atoms with Crippen molar-refractivity contribution >= 4 is 11.8 Å². The van der Waals surface area contributed by atoms with Gasteiger partial charge in [0.25, 0.3) is 0 Å². The standard InChI is InChI=1S/C18H12F7NS/c1-10-7-11(2)15(13-5-3-12(9-26)4-6-13)14(8-10)27-18(24,25)16(19,20)17(21,22)23/h3-8H,1-2H3. The van der Waals surface area contributed by atoms with E-state index in [0.717, 1.165) is 6.07 Å². The lowest BCUT2D eigenvalue weighted by Gasteiger charge is -2.28. The van der Waals surface area contributed by atoms with Gasteiger partial charge >= 0.3 is 17.4 Å². The Morgan fingerprint density at radius 3 is 1.93 bits per heavy atom. The fourth-order valence-electron chi connectivity index (χ4n) is 2.46. The number of nitriles is 1. The molecule has 0 aliphatic rings. The van der Waals surface area contributed by atoms with Gasteiger partial charge in [-0.05, 0) is 66.1 Å². The van der Waals surface area contributed by atoms with Crippen LogP contribution in [0.4, 0.5) is 30.7 Å². The second-order valence-electron chi connectivity index (χ2n) is 5.84. The van der Waals surface area contributed by atoms with E-state index in [9.17, 15) is 30.7 Å². The number of benzene rings is 2. The SMILES string of the molecule is Cc1cc(C)c(-c2ccc(C#N)cc2)c(SC(F)(F)C(F)(F)C(F)(F)F)c1. The van der Waals surface area contributed by atoms with Crippen LogP contribution in [0.25, 0.3) is 11.1 Å². The zero-order valence-electron chi connectivity index (χ0n) is 14.0. The number of aryl methyl sites for hydroxylation is 2. The lowest BCUT2D eigenvalue weighted by atomic mass is 9.98. The van der Waals surface area contributed by atoms with Crippen LogP contribution in [0, 0.1) is 25.2 Å². The van der Waals surface area contributed by atoms with Crippen molar-refractivity contribution in [2.75, 3.05) is 0 Å². The average molecular weight is 407 g/mol. The summed E-state index contributed by atoms with van der Waals surface area (Å²) in [6.45, 7) is 3.05. The highest BCUT2D eigenvalue weighted by atomic mass is 32.2. The Morgan fingerprint density at radius 1 is 0.889 bits per heavy atom. The van der Waals surface area contributed by atoms with Crippen molar-refractivity contribution in [1.82, 2.24) is 0 Å². The minimum atomic E-state index is -6.39. The molecule has 0 aromatic heterocycles. The summed E-state index contributed by atoms with van der Waals surface area (Å²) in [6.07, 6.45) is -6.39. The summed E-state index contributed by atoms with van der Waals surface area (Å²) in [5.41, 5.74) is 1.56. The Bertz CT molecular complexity index is 880. The van der Waals surface area contributed by atoms with E-state index < -0.39 is 34.0 Å². The van der Waals surface area contributed by atoms with Crippen molar-refractivity contribution in [3.63, 3.8) is 0 Å². The molecular formula is C18H12F7NS. The second-order valence-corrected chi connectivity index (χ2v) is 6.99. The molecule has 0 amide bonds. The molecule has 0 atom stereocenters. The van der Waals surface area contributed by atoms with Crippen molar-refractivity contribution < 1.29 is 30.7 Å². The molecule has 0 saturated heterocycles. The molecule has 0 spiro atoms. The van der Waals surface area contributed by atoms with Crippen LogP contribution in [-0.2, 0) is 0 Å². The Morgan fingerprint density at radius 2 is 1.44 bits per heavy atom. The van der Waals surface area contributed by atoms with Crippen LogP contribution in [0.5, 0.6) is 0 Å². The first-order valence-corrected chi connectivity index (χ1v) is 8.25. The van der Waals surface area contributed by atoms with E-state index in [1.807, 2.05) is 6.07 Å². The molecule has 2 aromatic carbocycles. The number of halogens is 7. The molecule has 2 rings (SSSR count). The Balaban J connectivity index is 2.58. The van der Waals surface area contributed by atoms with E-state index in [0.29, 0.717) is 16.7 Å². The van der Waals surface area contributed by atoms with Gasteiger partial charge in [0.15, 0.2) is 0 Å². The van der Waals surface area contributed by atoms with Gasteiger partial charge in [0.05, 0.1) is 11.6 Å². The molecule has 0 N–H and O–H groups in total. The van der Waals surface area contributed by atoms with E-state index in [1.165, 1.54) is 38.1 Å². The van der Waals surface area contributed by atoms with E-state index in [1.54, 1.807) is 6.07 Å². The molecule has 0 fully saturated rings. The zero-order chi connectivity index (χ0) is 20.6. The van der Waals surface area contributed by atoms with Crippen molar-refractivity contribution in [2.24, 2.45) is 0 Å². The third kappa shape index (κ3) is 4.05. The molecule has 0 saturated carbocycles. The van der Waals surface area contributed by atoms with Crippen LogP contribution in [0.2, 0.25) is 0 Å². The number of hydrogen-bond acceptors (Lipinski definition) is 2. The third-order valence-corrected chi connectivity index (χ3v) is 4.76. The van der Waals surface area contributed by atoms with Crippen molar-refractivity contribution in [1.29, 1.82) is 5.26 Å². The Kier molecular flexibility index (Phi) is 5.53. The molecule has 0 bridgehead atoms. The van der Waals surface area contributed by atoms with Gasteiger partial charge in [0.1, 0.15) is 0 Å². The molecule has 0 aliphatic carbocycles. The molecule has 0 radical (unpaired) electrons. The molecule has 9 heteroatoms. The van der Waals surface area contributed by atoms with Gasteiger partial charge in [0, 0.05) is 4.90 Å². The highest BCUT2D eigenvalue weighted by molar-refractivity contribution is 8.00. The summed E-state index contributed by atoms with van der Waals surface area (Å²) >= 11 is -0.829. The van der Waals surface area contributed by atoms with Crippen LogP contribution < -0.4 is 0 Å². The molecule has 2 aromatic rings. The number of thioether (sulfide) groups is 1. The van der Waals surface area contributed by atoms with Crippen LogP contribution in [-0.4, -0.2) is 17.4 Å². The molecule has 27 heavy (non-hydrogen) atoms. The summed E-state index contributed by atoms with van der Waals surface area (Å²) < 4.78 is 91.7. The molecule has 0 unspecified atom stereocenters. The highest BCUT2D eigenvalue weighted by Crippen LogP contribution is 2.55. The van der Waals surface area contributed by atoms with Crippen LogP contribution in [0.15, 0.2) is 41.3 Å².